The summed E-state index contributed by atoms with van der Waals surface area (Å²) in [7, 11) is 1.65. The Morgan fingerprint density at radius 2 is 2.20 bits per heavy atom. The van der Waals surface area contributed by atoms with Gasteiger partial charge in [0.15, 0.2) is 5.17 Å². The minimum Gasteiger partial charge on any atom is -0.384 e. The van der Waals surface area contributed by atoms with Crippen LogP contribution in [0.4, 0.5) is 8.78 Å². The maximum Gasteiger partial charge on any atom is 0.155 e. The summed E-state index contributed by atoms with van der Waals surface area (Å²) >= 11 is 1.48. The number of thioether (sulfide) groups is 1. The number of fused-ring (bicyclic) bond motifs is 1. The number of halogens is 2. The summed E-state index contributed by atoms with van der Waals surface area (Å²) in [5.41, 5.74) is 5.52. The molecule has 0 spiro atoms. The molecule has 0 amide bonds. The molecule has 2 fully saturated rings. The van der Waals surface area contributed by atoms with Crippen molar-refractivity contribution < 1.29 is 18.3 Å². The molecule has 2 N–H and O–H groups in total. The zero-order valence-electron chi connectivity index (χ0n) is 14.1. The maximum absolute atomic E-state index is 14.7. The van der Waals surface area contributed by atoms with Crippen molar-refractivity contribution in [3.05, 3.63) is 35.4 Å². The number of aliphatic imine (C=N–C) groups is 1. The summed E-state index contributed by atoms with van der Waals surface area (Å²) in [6.07, 6.45) is 3.33. The van der Waals surface area contributed by atoms with Gasteiger partial charge in [0.2, 0.25) is 0 Å². The third-order valence-corrected chi connectivity index (χ3v) is 6.62. The van der Waals surface area contributed by atoms with E-state index in [4.69, 9.17) is 15.2 Å². The van der Waals surface area contributed by atoms with E-state index in [9.17, 15) is 8.78 Å². The molecule has 4 rings (SSSR count). The van der Waals surface area contributed by atoms with Gasteiger partial charge in [-0.3, -0.25) is 0 Å². The molecule has 2 heterocycles. The van der Waals surface area contributed by atoms with E-state index in [2.05, 4.69) is 4.99 Å². The van der Waals surface area contributed by atoms with Crippen LogP contribution in [-0.4, -0.2) is 36.8 Å². The summed E-state index contributed by atoms with van der Waals surface area (Å²) in [6.45, 7) is 0.774. The van der Waals surface area contributed by atoms with Gasteiger partial charge in [-0.15, -0.1) is 0 Å². The Morgan fingerprint density at radius 1 is 1.40 bits per heavy atom. The van der Waals surface area contributed by atoms with Crippen LogP contribution in [0.5, 0.6) is 0 Å². The van der Waals surface area contributed by atoms with Gasteiger partial charge in [0, 0.05) is 29.9 Å². The van der Waals surface area contributed by atoms with Gasteiger partial charge < -0.3 is 15.2 Å². The Morgan fingerprint density at radius 3 is 2.88 bits per heavy atom. The van der Waals surface area contributed by atoms with Crippen LogP contribution in [0.1, 0.15) is 24.8 Å². The van der Waals surface area contributed by atoms with Gasteiger partial charge in [-0.1, -0.05) is 17.8 Å². The van der Waals surface area contributed by atoms with Crippen molar-refractivity contribution in [3.8, 4) is 0 Å². The van der Waals surface area contributed by atoms with E-state index in [1.54, 1.807) is 7.11 Å². The minimum atomic E-state index is -0.915. The maximum atomic E-state index is 14.7. The van der Waals surface area contributed by atoms with Crippen LogP contribution in [0.3, 0.4) is 0 Å². The quantitative estimate of drug-likeness (QED) is 0.888. The second kappa shape index (κ2) is 6.52. The third kappa shape index (κ3) is 3.06. The summed E-state index contributed by atoms with van der Waals surface area (Å²) < 4.78 is 39.6. The fourth-order valence-electron chi connectivity index (χ4n) is 4.18. The first-order chi connectivity index (χ1) is 12.0. The lowest BCUT2D eigenvalue weighted by Gasteiger charge is -2.49. The molecule has 1 aromatic rings. The highest BCUT2D eigenvalue weighted by Gasteiger charge is 2.54. The number of nitrogens with two attached hydrogens (primary N) is 1. The molecule has 0 aromatic heterocycles. The van der Waals surface area contributed by atoms with E-state index < -0.39 is 17.2 Å². The fraction of sp³-hybridized carbons (Fsp3) is 0.611. The lowest BCUT2D eigenvalue weighted by Crippen LogP contribution is -2.54. The van der Waals surface area contributed by atoms with E-state index in [0.717, 1.165) is 12.5 Å². The van der Waals surface area contributed by atoms with Crippen molar-refractivity contribution in [2.45, 2.75) is 36.2 Å². The number of hydrogen-bond acceptors (Lipinski definition) is 5. The number of hydrogen-bond donors (Lipinski definition) is 1. The highest BCUT2D eigenvalue weighted by atomic mass is 32.2. The average molecular weight is 368 g/mol. The van der Waals surface area contributed by atoms with Crippen molar-refractivity contribution in [2.24, 2.45) is 22.6 Å². The Kier molecular flexibility index (Phi) is 4.50. The van der Waals surface area contributed by atoms with Crippen molar-refractivity contribution in [2.75, 3.05) is 20.3 Å². The van der Waals surface area contributed by atoms with Crippen molar-refractivity contribution in [3.63, 3.8) is 0 Å². The predicted molar refractivity (Wildman–Crippen MR) is 93.5 cm³/mol. The first-order valence-corrected chi connectivity index (χ1v) is 9.49. The number of methoxy groups -OCH3 is 1. The molecule has 4 atom stereocenters. The number of amidine groups is 1. The number of rotatable bonds is 4. The van der Waals surface area contributed by atoms with Crippen LogP contribution in [0, 0.1) is 23.5 Å². The van der Waals surface area contributed by atoms with E-state index in [0.29, 0.717) is 23.3 Å². The molecule has 4 nitrogen and oxygen atoms in total. The minimum absolute atomic E-state index is 0.0315. The molecule has 0 radical (unpaired) electrons. The topological polar surface area (TPSA) is 56.8 Å². The lowest BCUT2D eigenvalue weighted by atomic mass is 9.71. The molecule has 1 aliphatic carbocycles. The zero-order valence-corrected chi connectivity index (χ0v) is 14.9. The lowest BCUT2D eigenvalue weighted by molar-refractivity contribution is -0.0760. The molecule has 0 bridgehead atoms. The highest BCUT2D eigenvalue weighted by Crippen LogP contribution is 2.52. The van der Waals surface area contributed by atoms with E-state index in [1.807, 2.05) is 0 Å². The van der Waals surface area contributed by atoms with Gasteiger partial charge in [0.25, 0.3) is 0 Å². The second-order valence-electron chi connectivity index (χ2n) is 7.14. The Labute approximate surface area is 150 Å². The standard InChI is InChI=1S/C18H22F2N2O2S/c1-23-8-16-13-7-15(10-2-3-10)24-9-18(13,22-17(21)25-16)12-5-4-11(19)6-14(12)20/h4-6,10,13,15-16H,2-3,7-9H2,1H3,(H2,21,22). The van der Waals surface area contributed by atoms with Gasteiger partial charge in [0.1, 0.15) is 17.2 Å². The monoisotopic (exact) mass is 368 g/mol. The molecular weight excluding hydrogens is 346 g/mol. The number of ether oxygens (including phenoxy) is 2. The summed E-state index contributed by atoms with van der Waals surface area (Å²) in [4.78, 5) is 4.66. The van der Waals surface area contributed by atoms with Gasteiger partial charge >= 0.3 is 0 Å². The molecule has 136 valence electrons. The molecular formula is C18H22F2N2O2S. The number of benzene rings is 1. The molecule has 2 aliphatic heterocycles. The molecule has 1 saturated carbocycles. The summed E-state index contributed by atoms with van der Waals surface area (Å²) in [5.74, 6) is -0.577. The van der Waals surface area contributed by atoms with Crippen LogP contribution in [-0.2, 0) is 15.0 Å². The van der Waals surface area contributed by atoms with Crippen LogP contribution >= 0.6 is 11.8 Å². The summed E-state index contributed by atoms with van der Waals surface area (Å²) in [5, 5.41) is 0.465. The zero-order chi connectivity index (χ0) is 17.6. The fourth-order valence-corrected chi connectivity index (χ4v) is 5.41. The van der Waals surface area contributed by atoms with Crippen LogP contribution in [0.15, 0.2) is 23.2 Å². The molecule has 25 heavy (non-hydrogen) atoms. The van der Waals surface area contributed by atoms with Crippen molar-refractivity contribution in [1.29, 1.82) is 0 Å². The first kappa shape index (κ1) is 17.2. The molecule has 7 heteroatoms. The van der Waals surface area contributed by atoms with Gasteiger partial charge in [-0.2, -0.15) is 0 Å². The van der Waals surface area contributed by atoms with E-state index in [-0.39, 0.29) is 23.9 Å². The summed E-state index contributed by atoms with van der Waals surface area (Å²) in [6, 6.07) is 3.66. The largest absolute Gasteiger partial charge is 0.384 e. The molecule has 1 saturated heterocycles. The normalized spacial score (nSPS) is 35.2. The Bertz CT molecular complexity index is 698. The van der Waals surface area contributed by atoms with Gasteiger partial charge in [-0.05, 0) is 31.2 Å². The van der Waals surface area contributed by atoms with Crippen LogP contribution in [0.2, 0.25) is 0 Å². The molecule has 3 aliphatic rings. The predicted octanol–water partition coefficient (Wildman–Crippen LogP) is 3.05. The van der Waals surface area contributed by atoms with Crippen LogP contribution < -0.4 is 5.73 Å². The highest BCUT2D eigenvalue weighted by molar-refractivity contribution is 8.14. The third-order valence-electron chi connectivity index (χ3n) is 5.52. The van der Waals surface area contributed by atoms with Gasteiger partial charge in [0.05, 0.1) is 19.3 Å². The molecule has 4 unspecified atom stereocenters. The molecule has 1 aromatic carbocycles. The SMILES string of the molecule is COCC1SC(N)=NC2(c3ccc(F)cc3F)COC(C3CC3)CC12. The van der Waals surface area contributed by atoms with E-state index in [1.165, 1.54) is 36.7 Å². The first-order valence-electron chi connectivity index (χ1n) is 8.61. The Hall–Kier alpha value is -1.18. The number of nitrogens with zero attached hydrogens (tertiary/aromatic N) is 1. The van der Waals surface area contributed by atoms with Gasteiger partial charge in [-0.25, -0.2) is 13.8 Å². The van der Waals surface area contributed by atoms with E-state index >= 15 is 0 Å². The van der Waals surface area contributed by atoms with Crippen LogP contribution in [0.25, 0.3) is 0 Å². The Balaban J connectivity index is 1.78. The second-order valence-corrected chi connectivity index (χ2v) is 8.40. The average Bonchev–Trinajstić information content (AvgIpc) is 3.39. The van der Waals surface area contributed by atoms with Crippen molar-refractivity contribution in [1.82, 2.24) is 0 Å². The van der Waals surface area contributed by atoms with Crippen molar-refractivity contribution >= 4 is 16.9 Å². The smallest absolute Gasteiger partial charge is 0.155 e.